The molecule has 0 N–H and O–H groups in total. The van der Waals surface area contributed by atoms with Crippen LogP contribution in [0.4, 0.5) is 0 Å². The molecule has 1 atom stereocenters. The Balaban J connectivity index is 2.20. The monoisotopic (exact) mass is 454 g/mol. The van der Waals surface area contributed by atoms with Gasteiger partial charge in [0.25, 0.3) is 0 Å². The van der Waals surface area contributed by atoms with Crippen molar-refractivity contribution in [2.75, 3.05) is 13.2 Å². The Morgan fingerprint density at radius 1 is 0.935 bits per heavy atom. The van der Waals surface area contributed by atoms with Crippen LogP contribution < -0.4 is 10.4 Å². The van der Waals surface area contributed by atoms with Crippen LogP contribution in [0.15, 0.2) is 72.5 Å². The van der Waals surface area contributed by atoms with Crippen LogP contribution in [0.2, 0.25) is 31.7 Å². The number of hydrogen-bond acceptors (Lipinski definition) is 3. The first-order valence-corrected chi connectivity index (χ1v) is 17.4. The second kappa shape index (κ2) is 9.86. The summed E-state index contributed by atoms with van der Waals surface area (Å²) in [5.74, 6) is 0.543. The molecule has 0 bridgehead atoms. The van der Waals surface area contributed by atoms with Crippen molar-refractivity contribution in [2.45, 2.75) is 64.2 Å². The van der Waals surface area contributed by atoms with E-state index in [0.717, 1.165) is 18.6 Å². The van der Waals surface area contributed by atoms with E-state index in [1.54, 1.807) is 0 Å². The molecule has 1 saturated heterocycles. The van der Waals surface area contributed by atoms with Crippen LogP contribution in [-0.2, 0) is 13.9 Å². The SMILES string of the molecule is CC/C=C(\O[Si](C)(C)C)C(CC1(C)OCCO1)[Si](C)(c1ccccc1)c1ccccc1. The van der Waals surface area contributed by atoms with Gasteiger partial charge in [-0.3, -0.25) is 0 Å². The second-order valence-corrected chi connectivity index (χ2v) is 18.4. The van der Waals surface area contributed by atoms with Crippen LogP contribution >= 0.6 is 0 Å². The first-order valence-electron chi connectivity index (χ1n) is 11.5. The Hall–Kier alpha value is -1.67. The van der Waals surface area contributed by atoms with Crippen molar-refractivity contribution in [2.24, 2.45) is 0 Å². The lowest BCUT2D eigenvalue weighted by atomic mass is 10.1. The van der Waals surface area contributed by atoms with E-state index >= 15 is 0 Å². The molecule has 1 unspecified atom stereocenters. The molecule has 168 valence electrons. The van der Waals surface area contributed by atoms with Gasteiger partial charge in [-0.05, 0) is 39.1 Å². The maximum atomic E-state index is 6.81. The molecule has 0 aromatic heterocycles. The molecular weight excluding hydrogens is 416 g/mol. The zero-order valence-corrected chi connectivity index (χ0v) is 22.0. The van der Waals surface area contributed by atoms with Crippen LogP contribution in [0.3, 0.4) is 0 Å². The Morgan fingerprint density at radius 3 is 1.84 bits per heavy atom. The lowest BCUT2D eigenvalue weighted by Gasteiger charge is -2.42. The number of hydrogen-bond donors (Lipinski definition) is 0. The van der Waals surface area contributed by atoms with Gasteiger partial charge in [-0.1, -0.05) is 84.5 Å². The summed E-state index contributed by atoms with van der Waals surface area (Å²) in [6, 6.07) is 22.0. The highest BCUT2D eigenvalue weighted by molar-refractivity contribution is 7.02. The zero-order valence-electron chi connectivity index (χ0n) is 20.0. The molecule has 3 nitrogen and oxygen atoms in total. The molecule has 5 heteroatoms. The fourth-order valence-corrected chi connectivity index (χ4v) is 10.1. The summed E-state index contributed by atoms with van der Waals surface area (Å²) in [7, 11) is -4.09. The van der Waals surface area contributed by atoms with Crippen molar-refractivity contribution in [1.82, 2.24) is 0 Å². The topological polar surface area (TPSA) is 27.7 Å². The van der Waals surface area contributed by atoms with Crippen molar-refractivity contribution in [1.29, 1.82) is 0 Å². The van der Waals surface area contributed by atoms with E-state index in [4.69, 9.17) is 13.9 Å². The van der Waals surface area contributed by atoms with Gasteiger partial charge in [0.2, 0.25) is 8.32 Å². The minimum Gasteiger partial charge on any atom is -0.548 e. The van der Waals surface area contributed by atoms with Crippen LogP contribution in [-0.4, -0.2) is 35.4 Å². The molecule has 0 spiro atoms. The fraction of sp³-hybridized carbons (Fsp3) is 0.462. The molecule has 0 saturated carbocycles. The van der Waals surface area contributed by atoms with E-state index in [1.165, 1.54) is 10.4 Å². The smallest absolute Gasteiger partial charge is 0.241 e. The van der Waals surface area contributed by atoms with E-state index in [0.29, 0.717) is 13.2 Å². The first-order chi connectivity index (χ1) is 14.7. The highest BCUT2D eigenvalue weighted by Gasteiger charge is 2.48. The normalized spacial score (nSPS) is 18.1. The van der Waals surface area contributed by atoms with Gasteiger partial charge in [0, 0.05) is 12.0 Å². The molecule has 0 radical (unpaired) electrons. The van der Waals surface area contributed by atoms with E-state index < -0.39 is 22.2 Å². The molecule has 0 aliphatic carbocycles. The van der Waals surface area contributed by atoms with E-state index in [9.17, 15) is 0 Å². The first kappa shape index (κ1) is 24.0. The average Bonchev–Trinajstić information content (AvgIpc) is 3.18. The predicted octanol–water partition coefficient (Wildman–Crippen LogP) is 5.55. The second-order valence-electron chi connectivity index (χ2n) is 9.75. The van der Waals surface area contributed by atoms with Crippen molar-refractivity contribution in [3.63, 3.8) is 0 Å². The Labute approximate surface area is 190 Å². The highest BCUT2D eigenvalue weighted by Crippen LogP contribution is 2.41. The zero-order chi connectivity index (χ0) is 22.5. The quantitative estimate of drug-likeness (QED) is 0.367. The van der Waals surface area contributed by atoms with Gasteiger partial charge in [-0.25, -0.2) is 0 Å². The van der Waals surface area contributed by atoms with Crippen LogP contribution in [0, 0.1) is 0 Å². The summed E-state index contributed by atoms with van der Waals surface area (Å²) in [5, 5.41) is 2.82. The number of rotatable bonds is 9. The highest BCUT2D eigenvalue weighted by atomic mass is 28.4. The molecule has 0 amide bonds. The Kier molecular flexibility index (Phi) is 7.63. The summed E-state index contributed by atoms with van der Waals surface area (Å²) < 4.78 is 19.1. The van der Waals surface area contributed by atoms with Crippen molar-refractivity contribution < 1.29 is 13.9 Å². The van der Waals surface area contributed by atoms with Gasteiger partial charge in [0.15, 0.2) is 5.79 Å². The van der Waals surface area contributed by atoms with Gasteiger partial charge in [-0.15, -0.1) is 0 Å². The summed E-state index contributed by atoms with van der Waals surface area (Å²) in [6.07, 6.45) is 4.04. The van der Waals surface area contributed by atoms with E-state index in [2.05, 4.69) is 107 Å². The van der Waals surface area contributed by atoms with Crippen molar-refractivity contribution in [3.8, 4) is 0 Å². The van der Waals surface area contributed by atoms with Crippen molar-refractivity contribution in [3.05, 3.63) is 72.5 Å². The molecule has 2 aromatic carbocycles. The fourth-order valence-electron chi connectivity index (χ4n) is 4.58. The molecule has 1 aliphatic heterocycles. The third kappa shape index (κ3) is 5.77. The standard InChI is InChI=1S/C26H38O3Si2/c1-7-14-24(29-30(3,4)5)25(21-26(2)27-19-20-28-26)31(6,22-15-10-8-11-16-22)23-17-12-9-13-18-23/h8-18,25H,7,19-21H2,1-6H3/b24-14-. The van der Waals surface area contributed by atoms with Crippen LogP contribution in [0.1, 0.15) is 26.7 Å². The largest absolute Gasteiger partial charge is 0.548 e. The summed E-state index contributed by atoms with van der Waals surface area (Å²) in [4.78, 5) is 0. The molecule has 3 rings (SSSR count). The minimum absolute atomic E-state index is 0.201. The maximum Gasteiger partial charge on any atom is 0.241 e. The lowest BCUT2D eigenvalue weighted by molar-refractivity contribution is -0.147. The van der Waals surface area contributed by atoms with Gasteiger partial charge < -0.3 is 13.9 Å². The molecule has 1 aliphatic rings. The molecule has 2 aromatic rings. The van der Waals surface area contributed by atoms with Gasteiger partial charge in [-0.2, -0.15) is 0 Å². The maximum absolute atomic E-state index is 6.81. The molecule has 31 heavy (non-hydrogen) atoms. The number of allylic oxidation sites excluding steroid dienone is 2. The molecular formula is C26H38O3Si2. The third-order valence-corrected chi connectivity index (χ3v) is 11.9. The lowest BCUT2D eigenvalue weighted by Crippen LogP contribution is -2.61. The van der Waals surface area contributed by atoms with Crippen molar-refractivity contribution >= 4 is 26.8 Å². The molecule has 1 fully saturated rings. The Bertz CT molecular complexity index is 814. The number of benzene rings is 2. The van der Waals surface area contributed by atoms with Gasteiger partial charge in [0.05, 0.1) is 19.0 Å². The summed E-state index contributed by atoms with van der Waals surface area (Å²) in [5.41, 5.74) is 0.201. The molecule has 1 heterocycles. The van der Waals surface area contributed by atoms with Gasteiger partial charge in [0.1, 0.15) is 8.07 Å². The van der Waals surface area contributed by atoms with E-state index in [1.807, 2.05) is 0 Å². The van der Waals surface area contributed by atoms with Crippen LogP contribution in [0.25, 0.3) is 0 Å². The Morgan fingerprint density at radius 2 is 1.42 bits per heavy atom. The third-order valence-electron chi connectivity index (χ3n) is 6.09. The summed E-state index contributed by atoms with van der Waals surface area (Å²) in [6.45, 7) is 14.9. The van der Waals surface area contributed by atoms with Gasteiger partial charge >= 0.3 is 0 Å². The average molecular weight is 455 g/mol. The summed E-state index contributed by atoms with van der Waals surface area (Å²) >= 11 is 0. The van der Waals surface area contributed by atoms with E-state index in [-0.39, 0.29) is 5.54 Å². The predicted molar refractivity (Wildman–Crippen MR) is 135 cm³/mol. The van der Waals surface area contributed by atoms with Crippen LogP contribution in [0.5, 0.6) is 0 Å². The minimum atomic E-state index is -2.28. The number of ether oxygens (including phenoxy) is 2.